The quantitative estimate of drug-likeness (QED) is 0.860. The number of nitriles is 1. The summed E-state index contributed by atoms with van der Waals surface area (Å²) < 4.78 is 3.62. The maximum absolute atomic E-state index is 8.60. The third kappa shape index (κ3) is 5.67. The normalized spacial score (nSPS) is 11.2. The van der Waals surface area contributed by atoms with Crippen LogP contribution in [-0.2, 0) is 13.0 Å². The van der Waals surface area contributed by atoms with Crippen molar-refractivity contribution >= 4 is 0 Å². The van der Waals surface area contributed by atoms with Gasteiger partial charge in [-0.05, 0) is 20.3 Å². The zero-order valence-corrected chi connectivity index (χ0v) is 12.7. The zero-order valence-electron chi connectivity index (χ0n) is 12.7. The third-order valence-corrected chi connectivity index (χ3v) is 2.74. The van der Waals surface area contributed by atoms with Crippen molar-refractivity contribution in [1.29, 1.82) is 5.26 Å². The predicted octanol–water partition coefficient (Wildman–Crippen LogP) is 1.08. The molecular weight excluding hydrogens is 268 g/mol. The van der Waals surface area contributed by atoms with E-state index in [1.54, 1.807) is 17.2 Å². The monoisotopic (exact) mass is 290 g/mol. The highest BCUT2D eigenvalue weighted by Crippen LogP contribution is 2.01. The molecule has 0 aromatic carbocycles. The Morgan fingerprint density at radius 2 is 2.29 bits per heavy atom. The highest BCUT2D eigenvalue weighted by Gasteiger charge is 2.04. The first-order chi connectivity index (χ1) is 10.1. The second-order valence-electron chi connectivity index (χ2n) is 4.51. The van der Waals surface area contributed by atoms with Gasteiger partial charge in [-0.2, -0.15) is 5.26 Å². The first kappa shape index (κ1) is 16.7. The van der Waals surface area contributed by atoms with E-state index in [4.69, 9.17) is 10.4 Å². The van der Waals surface area contributed by atoms with Crippen molar-refractivity contribution in [3.63, 3.8) is 0 Å². The predicted molar refractivity (Wildman–Crippen MR) is 80.1 cm³/mol. The maximum Gasteiger partial charge on any atom is 0.126 e. The number of nitrogens with zero attached hydrogens (tertiary/aromatic N) is 5. The van der Waals surface area contributed by atoms with E-state index in [1.807, 2.05) is 30.8 Å². The summed E-state index contributed by atoms with van der Waals surface area (Å²) in [5.74, 6) is 0.888. The first-order valence-electron chi connectivity index (χ1n) is 6.88. The fourth-order valence-electron chi connectivity index (χ4n) is 1.61. The fourth-order valence-corrected chi connectivity index (χ4v) is 1.61. The number of rotatable bonds is 5. The fraction of sp³-hybridized carbons (Fsp3) is 0.500. The smallest absolute Gasteiger partial charge is 0.126 e. The van der Waals surface area contributed by atoms with Crippen molar-refractivity contribution < 1.29 is 5.11 Å². The van der Waals surface area contributed by atoms with Crippen LogP contribution in [0.15, 0.2) is 24.9 Å². The summed E-state index contributed by atoms with van der Waals surface area (Å²) in [6.07, 6.45) is 8.02. The Labute approximate surface area is 124 Å². The van der Waals surface area contributed by atoms with E-state index < -0.39 is 0 Å². The van der Waals surface area contributed by atoms with Crippen LogP contribution in [0.5, 0.6) is 0 Å². The molecule has 2 N–H and O–H groups in total. The zero-order chi connectivity index (χ0) is 15.7. The summed E-state index contributed by atoms with van der Waals surface area (Å²) in [6.45, 7) is 6.59. The Balaban J connectivity index is 0.000000235. The van der Waals surface area contributed by atoms with Gasteiger partial charge in [0.25, 0.3) is 0 Å². The van der Waals surface area contributed by atoms with Gasteiger partial charge in [0.2, 0.25) is 0 Å². The molecule has 0 aliphatic rings. The van der Waals surface area contributed by atoms with Gasteiger partial charge in [0, 0.05) is 25.1 Å². The lowest BCUT2D eigenvalue weighted by Gasteiger charge is -2.09. The Kier molecular flexibility index (Phi) is 6.98. The Hall–Kier alpha value is -2.33. The number of aliphatic hydroxyl groups is 1. The van der Waals surface area contributed by atoms with Gasteiger partial charge in [0.15, 0.2) is 0 Å². The van der Waals surface area contributed by atoms with E-state index >= 15 is 0 Å². The summed E-state index contributed by atoms with van der Waals surface area (Å²) in [5.41, 5.74) is 4.04. The van der Waals surface area contributed by atoms with E-state index in [2.05, 4.69) is 28.4 Å². The van der Waals surface area contributed by atoms with Gasteiger partial charge in [0.1, 0.15) is 11.9 Å². The highest BCUT2D eigenvalue weighted by atomic mass is 16.3. The van der Waals surface area contributed by atoms with Gasteiger partial charge in [-0.15, -0.1) is 0 Å². The number of hydrogen-bond acceptors (Lipinski definition) is 5. The largest absolute Gasteiger partial charge is 0.395 e. The summed E-state index contributed by atoms with van der Waals surface area (Å²) in [6, 6.07) is 1.91. The molecule has 0 aliphatic carbocycles. The van der Waals surface area contributed by atoms with Gasteiger partial charge in [-0.3, -0.25) is 4.68 Å². The minimum atomic E-state index is -0.197. The molecule has 2 aromatic rings. The molecule has 0 bridgehead atoms. The SMILES string of the molecule is CCc1cn(NC(C)C#N)c(C)n1.OCCn1ccnc1. The summed E-state index contributed by atoms with van der Waals surface area (Å²) >= 11 is 0. The third-order valence-electron chi connectivity index (χ3n) is 2.74. The molecule has 114 valence electrons. The van der Waals surface area contributed by atoms with Crippen LogP contribution in [0.4, 0.5) is 0 Å². The van der Waals surface area contributed by atoms with E-state index in [1.165, 1.54) is 0 Å². The highest BCUT2D eigenvalue weighted by molar-refractivity contribution is 5.07. The average molecular weight is 290 g/mol. The topological polar surface area (TPSA) is 91.7 Å². The molecule has 21 heavy (non-hydrogen) atoms. The van der Waals surface area contributed by atoms with E-state index in [9.17, 15) is 0 Å². The summed E-state index contributed by atoms with van der Waals surface area (Å²) in [4.78, 5) is 8.10. The van der Waals surface area contributed by atoms with Crippen LogP contribution in [-0.4, -0.2) is 37.0 Å². The standard InChI is InChI=1S/C9H14N4.C5H8N2O/c1-4-9-6-13(8(3)11-9)12-7(2)5-10;8-4-3-7-2-1-6-5-7/h6-7,12H,4H2,1-3H3;1-2,5,8H,3-4H2. The minimum absolute atomic E-state index is 0.177. The van der Waals surface area contributed by atoms with Gasteiger partial charge in [0.05, 0.1) is 24.7 Å². The van der Waals surface area contributed by atoms with Crippen molar-refractivity contribution in [2.75, 3.05) is 12.0 Å². The molecule has 1 unspecified atom stereocenters. The van der Waals surface area contributed by atoms with Crippen molar-refractivity contribution in [3.8, 4) is 6.07 Å². The molecule has 0 saturated carbocycles. The molecule has 7 nitrogen and oxygen atoms in total. The van der Waals surface area contributed by atoms with Crippen LogP contribution in [0, 0.1) is 18.3 Å². The number of nitrogens with one attached hydrogen (secondary N) is 1. The van der Waals surface area contributed by atoms with Crippen LogP contribution < -0.4 is 5.43 Å². The molecule has 0 aliphatic heterocycles. The van der Waals surface area contributed by atoms with Gasteiger partial charge >= 0.3 is 0 Å². The average Bonchev–Trinajstić information content (AvgIpc) is 3.10. The van der Waals surface area contributed by atoms with E-state index in [-0.39, 0.29) is 12.6 Å². The van der Waals surface area contributed by atoms with Crippen LogP contribution in [0.1, 0.15) is 25.4 Å². The minimum Gasteiger partial charge on any atom is -0.395 e. The molecule has 0 saturated heterocycles. The van der Waals surface area contributed by atoms with Crippen molar-refractivity contribution in [1.82, 2.24) is 19.2 Å². The molecule has 0 spiro atoms. The number of aryl methyl sites for hydroxylation is 2. The van der Waals surface area contributed by atoms with Gasteiger partial charge in [-0.25, -0.2) is 9.97 Å². The lowest BCUT2D eigenvalue weighted by molar-refractivity contribution is 0.276. The number of hydrogen-bond donors (Lipinski definition) is 2. The van der Waals surface area contributed by atoms with Crippen molar-refractivity contribution in [2.24, 2.45) is 0 Å². The molecule has 0 amide bonds. The second-order valence-corrected chi connectivity index (χ2v) is 4.51. The Bertz CT molecular complexity index is 555. The molecule has 2 rings (SSSR count). The van der Waals surface area contributed by atoms with Crippen LogP contribution in [0.2, 0.25) is 0 Å². The van der Waals surface area contributed by atoms with Crippen LogP contribution in [0.25, 0.3) is 0 Å². The summed E-state index contributed by atoms with van der Waals surface area (Å²) in [5, 5.41) is 17.0. The number of aliphatic hydroxyl groups excluding tert-OH is 1. The summed E-state index contributed by atoms with van der Waals surface area (Å²) in [7, 11) is 0. The lowest BCUT2D eigenvalue weighted by atomic mass is 10.4. The van der Waals surface area contributed by atoms with Gasteiger partial charge in [-0.1, -0.05) is 6.92 Å². The van der Waals surface area contributed by atoms with Crippen molar-refractivity contribution in [3.05, 3.63) is 36.4 Å². The molecule has 1 atom stereocenters. The molecule has 2 aromatic heterocycles. The van der Waals surface area contributed by atoms with E-state index in [0.29, 0.717) is 6.54 Å². The molecule has 7 heteroatoms. The molecular formula is C14H22N6O. The van der Waals surface area contributed by atoms with Crippen LogP contribution >= 0.6 is 0 Å². The lowest BCUT2D eigenvalue weighted by Crippen LogP contribution is -2.23. The number of imidazole rings is 2. The second kappa shape index (κ2) is 8.76. The van der Waals surface area contributed by atoms with Crippen molar-refractivity contribution in [2.45, 2.75) is 39.8 Å². The molecule has 0 fully saturated rings. The Morgan fingerprint density at radius 1 is 1.52 bits per heavy atom. The maximum atomic E-state index is 8.60. The van der Waals surface area contributed by atoms with Gasteiger partial charge < -0.3 is 15.1 Å². The number of aromatic nitrogens is 4. The molecule has 2 heterocycles. The molecule has 0 radical (unpaired) electrons. The Morgan fingerprint density at radius 3 is 2.76 bits per heavy atom. The van der Waals surface area contributed by atoms with Crippen LogP contribution in [0.3, 0.4) is 0 Å². The first-order valence-corrected chi connectivity index (χ1v) is 6.88. The van der Waals surface area contributed by atoms with E-state index in [0.717, 1.165) is 17.9 Å².